The Morgan fingerprint density at radius 3 is 2.27 bits per heavy atom. The van der Waals surface area contributed by atoms with Crippen LogP contribution in [0.4, 0.5) is 10.1 Å². The highest BCUT2D eigenvalue weighted by Gasteiger charge is 2.25. The summed E-state index contributed by atoms with van der Waals surface area (Å²) in [4.78, 5) is -0.483. The van der Waals surface area contributed by atoms with Crippen molar-refractivity contribution in [3.8, 4) is 0 Å². The van der Waals surface area contributed by atoms with Crippen molar-refractivity contribution >= 4 is 37.3 Å². The number of nitrogens with zero attached hydrogens (tertiary/aromatic N) is 1. The number of sulfonamides is 2. The zero-order chi connectivity index (χ0) is 19.5. The third-order valence-corrected chi connectivity index (χ3v) is 7.52. The summed E-state index contributed by atoms with van der Waals surface area (Å²) in [5.74, 6) is -0.700. The third-order valence-electron chi connectivity index (χ3n) is 3.61. The van der Waals surface area contributed by atoms with Crippen molar-refractivity contribution in [2.24, 2.45) is 0 Å². The van der Waals surface area contributed by atoms with E-state index >= 15 is 0 Å². The van der Waals surface area contributed by atoms with Gasteiger partial charge in [0.15, 0.2) is 0 Å². The van der Waals surface area contributed by atoms with E-state index in [4.69, 9.17) is 11.6 Å². The molecular formula is C16H18ClFN2O4S2. The molecule has 0 aliphatic heterocycles. The number of hydrogen-bond donors (Lipinski definition) is 1. The summed E-state index contributed by atoms with van der Waals surface area (Å²) in [7, 11) is -7.96. The van der Waals surface area contributed by atoms with Crippen LogP contribution in [0.15, 0.2) is 52.3 Å². The molecule has 0 aliphatic rings. The third kappa shape index (κ3) is 4.35. The van der Waals surface area contributed by atoms with Crippen molar-refractivity contribution in [1.29, 1.82) is 0 Å². The first kappa shape index (κ1) is 20.6. The SMILES string of the molecule is CCN(CC)S(=O)(=O)c1cc(NS(=O)(=O)c2cccc(F)c2)ccc1Cl. The largest absolute Gasteiger partial charge is 0.280 e. The van der Waals surface area contributed by atoms with E-state index in [1.54, 1.807) is 13.8 Å². The lowest BCUT2D eigenvalue weighted by atomic mass is 10.3. The van der Waals surface area contributed by atoms with Crippen molar-refractivity contribution in [2.75, 3.05) is 17.8 Å². The Balaban J connectivity index is 2.44. The molecule has 1 N–H and O–H groups in total. The summed E-state index contributed by atoms with van der Waals surface area (Å²) in [5.41, 5.74) is 0.00407. The van der Waals surface area contributed by atoms with Gasteiger partial charge in [-0.1, -0.05) is 31.5 Å². The van der Waals surface area contributed by atoms with E-state index in [1.807, 2.05) is 0 Å². The van der Waals surface area contributed by atoms with Crippen LogP contribution >= 0.6 is 11.6 Å². The molecule has 0 atom stereocenters. The van der Waals surface area contributed by atoms with Crippen LogP contribution in [-0.2, 0) is 20.0 Å². The zero-order valence-corrected chi connectivity index (χ0v) is 16.5. The van der Waals surface area contributed by atoms with E-state index in [-0.39, 0.29) is 33.6 Å². The van der Waals surface area contributed by atoms with Crippen LogP contribution in [0.2, 0.25) is 5.02 Å². The maximum Gasteiger partial charge on any atom is 0.261 e. The molecule has 6 nitrogen and oxygen atoms in total. The zero-order valence-electron chi connectivity index (χ0n) is 14.1. The summed E-state index contributed by atoms with van der Waals surface area (Å²) < 4.78 is 66.8. The van der Waals surface area contributed by atoms with Gasteiger partial charge in [0.05, 0.1) is 15.6 Å². The van der Waals surface area contributed by atoms with Crippen molar-refractivity contribution < 1.29 is 21.2 Å². The topological polar surface area (TPSA) is 83.6 Å². The minimum absolute atomic E-state index is 0.00407. The van der Waals surface area contributed by atoms with Gasteiger partial charge in [-0.05, 0) is 36.4 Å². The van der Waals surface area contributed by atoms with E-state index in [0.717, 1.165) is 18.2 Å². The van der Waals surface area contributed by atoms with Crippen LogP contribution in [0.5, 0.6) is 0 Å². The first-order valence-electron chi connectivity index (χ1n) is 7.70. The van der Waals surface area contributed by atoms with Gasteiger partial charge in [0, 0.05) is 13.1 Å². The summed E-state index contributed by atoms with van der Waals surface area (Å²) in [6.07, 6.45) is 0. The van der Waals surface area contributed by atoms with Crippen LogP contribution in [0, 0.1) is 5.82 Å². The van der Waals surface area contributed by atoms with E-state index in [0.29, 0.717) is 0 Å². The van der Waals surface area contributed by atoms with Gasteiger partial charge in [-0.25, -0.2) is 21.2 Å². The Labute approximate surface area is 157 Å². The van der Waals surface area contributed by atoms with Crippen molar-refractivity contribution in [2.45, 2.75) is 23.6 Å². The second-order valence-electron chi connectivity index (χ2n) is 5.30. The normalized spacial score (nSPS) is 12.3. The van der Waals surface area contributed by atoms with E-state index in [9.17, 15) is 21.2 Å². The number of halogens is 2. The van der Waals surface area contributed by atoms with Gasteiger partial charge in [0.2, 0.25) is 10.0 Å². The quantitative estimate of drug-likeness (QED) is 0.744. The molecule has 0 amide bonds. The van der Waals surface area contributed by atoms with Crippen molar-refractivity contribution in [3.63, 3.8) is 0 Å². The summed E-state index contributed by atoms with van der Waals surface area (Å²) >= 11 is 6.02. The first-order valence-corrected chi connectivity index (χ1v) is 11.0. The standard InChI is InChI=1S/C16H18ClFN2O4S2/c1-3-20(4-2)26(23,24)16-11-13(8-9-15(16)17)19-25(21,22)14-7-5-6-12(18)10-14/h5-11,19H,3-4H2,1-2H3. The molecule has 2 rings (SSSR count). The second-order valence-corrected chi connectivity index (χ2v) is 9.29. The molecule has 0 saturated carbocycles. The molecule has 2 aromatic rings. The van der Waals surface area contributed by atoms with Gasteiger partial charge in [-0.2, -0.15) is 4.31 Å². The summed E-state index contributed by atoms with van der Waals surface area (Å²) in [6.45, 7) is 3.86. The Morgan fingerprint density at radius 2 is 1.69 bits per heavy atom. The average Bonchev–Trinajstić information content (AvgIpc) is 2.57. The smallest absolute Gasteiger partial charge is 0.261 e. The van der Waals surface area contributed by atoms with Gasteiger partial charge in [-0.3, -0.25) is 4.72 Å². The van der Waals surface area contributed by atoms with Crippen LogP contribution in [-0.4, -0.2) is 34.2 Å². The number of nitrogens with one attached hydrogen (secondary N) is 1. The maximum absolute atomic E-state index is 13.3. The lowest BCUT2D eigenvalue weighted by Crippen LogP contribution is -2.30. The molecule has 0 aliphatic carbocycles. The van der Waals surface area contributed by atoms with Crippen LogP contribution < -0.4 is 4.72 Å². The van der Waals surface area contributed by atoms with E-state index < -0.39 is 25.9 Å². The molecular weight excluding hydrogens is 403 g/mol. The highest BCUT2D eigenvalue weighted by atomic mass is 35.5. The number of anilines is 1. The Hall–Kier alpha value is -1.68. The van der Waals surface area contributed by atoms with E-state index in [2.05, 4.69) is 4.72 Å². The minimum Gasteiger partial charge on any atom is -0.280 e. The fourth-order valence-corrected chi connectivity index (χ4v) is 5.35. The highest BCUT2D eigenvalue weighted by Crippen LogP contribution is 2.29. The van der Waals surface area contributed by atoms with Gasteiger partial charge >= 0.3 is 0 Å². The minimum atomic E-state index is -4.08. The second kappa shape index (κ2) is 7.91. The van der Waals surface area contributed by atoms with E-state index in [1.165, 1.54) is 28.6 Å². The summed E-state index contributed by atoms with van der Waals surface area (Å²) in [6, 6.07) is 8.26. The fraction of sp³-hybridized carbons (Fsp3) is 0.250. The molecule has 0 bridgehead atoms. The molecule has 0 unspecified atom stereocenters. The molecule has 142 valence electrons. The van der Waals surface area contributed by atoms with Gasteiger partial charge < -0.3 is 0 Å². The monoisotopic (exact) mass is 420 g/mol. The Bertz CT molecular complexity index is 1010. The number of hydrogen-bond acceptors (Lipinski definition) is 4. The highest BCUT2D eigenvalue weighted by molar-refractivity contribution is 7.92. The lowest BCUT2D eigenvalue weighted by Gasteiger charge is -2.20. The molecule has 0 fully saturated rings. The molecule has 0 aromatic heterocycles. The van der Waals surface area contributed by atoms with Gasteiger partial charge in [0.1, 0.15) is 10.7 Å². The number of rotatable bonds is 7. The van der Waals surface area contributed by atoms with Crippen LogP contribution in [0.3, 0.4) is 0 Å². The number of benzene rings is 2. The molecule has 0 radical (unpaired) electrons. The van der Waals surface area contributed by atoms with Gasteiger partial charge in [-0.15, -0.1) is 0 Å². The van der Waals surface area contributed by atoms with Crippen molar-refractivity contribution in [3.05, 3.63) is 53.3 Å². The predicted octanol–water partition coefficient (Wildman–Crippen LogP) is 3.31. The maximum atomic E-state index is 13.3. The predicted molar refractivity (Wildman–Crippen MR) is 98.8 cm³/mol. The van der Waals surface area contributed by atoms with Crippen LogP contribution in [0.25, 0.3) is 0 Å². The Kier molecular flexibility index (Phi) is 6.28. The van der Waals surface area contributed by atoms with Crippen molar-refractivity contribution in [1.82, 2.24) is 4.31 Å². The molecule has 0 spiro atoms. The first-order chi connectivity index (χ1) is 12.1. The molecule has 10 heteroatoms. The molecule has 0 saturated heterocycles. The summed E-state index contributed by atoms with van der Waals surface area (Å²) in [5, 5.41) is -0.0226. The van der Waals surface area contributed by atoms with Gasteiger partial charge in [0.25, 0.3) is 10.0 Å². The average molecular weight is 421 g/mol. The Morgan fingerprint density at radius 1 is 1.04 bits per heavy atom. The van der Waals surface area contributed by atoms with Crippen LogP contribution in [0.1, 0.15) is 13.8 Å². The molecule has 2 aromatic carbocycles. The fourth-order valence-electron chi connectivity index (χ4n) is 2.32. The molecule has 26 heavy (non-hydrogen) atoms. The lowest BCUT2D eigenvalue weighted by molar-refractivity contribution is 0.445. The molecule has 0 heterocycles.